The zero-order valence-corrected chi connectivity index (χ0v) is 15.3. The highest BCUT2D eigenvalue weighted by atomic mass is 79.9. The molecule has 0 unspecified atom stereocenters. The van der Waals surface area contributed by atoms with Gasteiger partial charge in [-0.15, -0.1) is 47.3 Å². The van der Waals surface area contributed by atoms with Crippen LogP contribution in [0.25, 0.3) is 0 Å². The Morgan fingerprint density at radius 1 is 0.810 bits per heavy atom. The van der Waals surface area contributed by atoms with E-state index >= 15 is 0 Å². The van der Waals surface area contributed by atoms with Gasteiger partial charge in [-0.2, -0.15) is 0 Å². The number of hydrogen-bond acceptors (Lipinski definition) is 2. The van der Waals surface area contributed by atoms with Crippen LogP contribution in [0.3, 0.4) is 0 Å². The third kappa shape index (κ3) is 6.80. The molecule has 0 heterocycles. The van der Waals surface area contributed by atoms with Gasteiger partial charge in [0.2, 0.25) is 0 Å². The largest absolute Gasteiger partial charge is 0.508 e. The predicted molar refractivity (Wildman–Crippen MR) is 91.5 cm³/mol. The van der Waals surface area contributed by atoms with Crippen LogP contribution in [0.1, 0.15) is 11.1 Å². The Bertz CT molecular complexity index is 560. The maximum Gasteiger partial charge on any atom is 0.369 e. The second-order valence-electron chi connectivity index (χ2n) is 3.97. The van der Waals surface area contributed by atoms with Crippen LogP contribution in [-0.2, 0) is 6.42 Å². The lowest BCUT2D eigenvalue weighted by Crippen LogP contribution is -1.92. The second-order valence-corrected chi connectivity index (χ2v) is 10.4. The van der Waals surface area contributed by atoms with E-state index in [2.05, 4.69) is 47.3 Å². The summed E-state index contributed by atoms with van der Waals surface area (Å²) in [5.74, 6) is -1.16. The normalized spacial score (nSPS) is 9.76. The van der Waals surface area contributed by atoms with Crippen LogP contribution in [0.4, 0.5) is 8.78 Å². The third-order valence-electron chi connectivity index (χ3n) is 2.46. The van der Waals surface area contributed by atoms with Gasteiger partial charge in [0.25, 0.3) is 0 Å². The van der Waals surface area contributed by atoms with Crippen molar-refractivity contribution in [1.82, 2.24) is 0 Å². The minimum Gasteiger partial charge on any atom is -0.508 e. The van der Waals surface area contributed by atoms with Crippen LogP contribution in [0.15, 0.2) is 36.4 Å². The lowest BCUT2D eigenvalue weighted by molar-refractivity contribution is 0.459. The molecule has 0 aliphatic heterocycles. The molecular formula is C13H10BBr3F2O2. The van der Waals surface area contributed by atoms with Gasteiger partial charge in [-0.05, 0) is 36.4 Å². The van der Waals surface area contributed by atoms with Gasteiger partial charge in [0, 0.05) is 17.5 Å². The van der Waals surface area contributed by atoms with E-state index in [4.69, 9.17) is 0 Å². The van der Waals surface area contributed by atoms with E-state index in [1.54, 1.807) is 0 Å². The molecule has 0 aliphatic carbocycles. The average Bonchev–Trinajstić information content (AvgIpc) is 2.37. The first-order chi connectivity index (χ1) is 9.79. The lowest BCUT2D eigenvalue weighted by atomic mass is 10.0. The smallest absolute Gasteiger partial charge is 0.369 e. The van der Waals surface area contributed by atoms with E-state index in [9.17, 15) is 19.0 Å². The monoisotopic (exact) mass is 484 g/mol. The fourth-order valence-electron chi connectivity index (χ4n) is 1.60. The molecule has 0 amide bonds. The molecule has 2 N–H and O–H groups in total. The van der Waals surface area contributed by atoms with Crippen molar-refractivity contribution in [2.75, 3.05) is 0 Å². The van der Waals surface area contributed by atoms with E-state index in [0.29, 0.717) is 11.1 Å². The average molecular weight is 487 g/mol. The number of phenols is 2. The molecule has 0 bridgehead atoms. The van der Waals surface area contributed by atoms with E-state index in [1.165, 1.54) is 12.1 Å². The molecule has 2 aromatic carbocycles. The van der Waals surface area contributed by atoms with Crippen LogP contribution in [0.2, 0.25) is 0 Å². The van der Waals surface area contributed by atoms with Crippen LogP contribution in [0.5, 0.6) is 11.5 Å². The summed E-state index contributed by atoms with van der Waals surface area (Å²) in [6.45, 7) is 0. The maximum absolute atomic E-state index is 13.0. The highest BCUT2D eigenvalue weighted by molar-refractivity contribution is 9.69. The highest BCUT2D eigenvalue weighted by Crippen LogP contribution is 2.26. The molecule has 0 saturated heterocycles. The first-order valence-electron chi connectivity index (χ1n) is 5.66. The van der Waals surface area contributed by atoms with E-state index in [0.717, 1.165) is 24.3 Å². The van der Waals surface area contributed by atoms with Gasteiger partial charge in [0.1, 0.15) is 23.1 Å². The van der Waals surface area contributed by atoms with Crippen molar-refractivity contribution < 1.29 is 19.0 Å². The first kappa shape index (κ1) is 18.5. The number of hydrogen-bond donors (Lipinski definition) is 2. The minimum absolute atomic E-state index is 0.0627. The second kappa shape index (κ2) is 8.75. The number of phenolic OH excluding ortho intramolecular Hbond substituents is 2. The summed E-state index contributed by atoms with van der Waals surface area (Å²) in [5, 5.41) is 19.0. The Balaban J connectivity index is 0.000000491. The topological polar surface area (TPSA) is 40.5 Å². The zero-order chi connectivity index (χ0) is 16.0. The molecule has 8 heteroatoms. The Hall–Kier alpha value is -0.595. The van der Waals surface area contributed by atoms with Gasteiger partial charge in [-0.25, -0.2) is 8.78 Å². The molecule has 0 radical (unpaired) electrons. The van der Waals surface area contributed by atoms with E-state index in [1.807, 2.05) is 0 Å². The lowest BCUT2D eigenvalue weighted by Gasteiger charge is -2.07. The van der Waals surface area contributed by atoms with Crippen LogP contribution < -0.4 is 0 Å². The van der Waals surface area contributed by atoms with Gasteiger partial charge >= 0.3 is 3.18 Å². The summed E-state index contributed by atoms with van der Waals surface area (Å²) in [5.41, 5.74) is 0.594. The predicted octanol–water partition coefficient (Wildman–Crippen LogP) is 5.12. The summed E-state index contributed by atoms with van der Waals surface area (Å²) in [7, 11) is 0. The van der Waals surface area contributed by atoms with Crippen molar-refractivity contribution in [2.45, 2.75) is 6.42 Å². The quantitative estimate of drug-likeness (QED) is 0.578. The van der Waals surface area contributed by atoms with Gasteiger partial charge in [0.05, 0.1) is 0 Å². The summed E-state index contributed by atoms with van der Waals surface area (Å²) in [6, 6.07) is 7.01. The van der Waals surface area contributed by atoms with Crippen LogP contribution in [0, 0.1) is 11.6 Å². The van der Waals surface area contributed by atoms with Crippen molar-refractivity contribution in [3.63, 3.8) is 0 Å². The molecule has 0 spiro atoms. The number of halogens is 5. The Morgan fingerprint density at radius 3 is 1.48 bits per heavy atom. The van der Waals surface area contributed by atoms with Gasteiger partial charge in [-0.3, -0.25) is 0 Å². The van der Waals surface area contributed by atoms with Gasteiger partial charge in [0.15, 0.2) is 0 Å². The standard InChI is InChI=1S/C13H10F2O2.BBr3/c14-10-1-3-12(16)8(6-10)5-9-7-11(15)2-4-13(9)17;2-1(3)4/h1-4,6-7,16-17H,5H2;. The third-order valence-corrected chi connectivity index (χ3v) is 2.46. The number of rotatable bonds is 2. The molecule has 0 saturated carbocycles. The molecule has 0 fully saturated rings. The molecule has 112 valence electrons. The molecular weight excluding hydrogens is 477 g/mol. The van der Waals surface area contributed by atoms with Gasteiger partial charge < -0.3 is 10.2 Å². The molecule has 2 aromatic rings. The van der Waals surface area contributed by atoms with Crippen molar-refractivity contribution in [1.29, 1.82) is 0 Å². The summed E-state index contributed by atoms with van der Waals surface area (Å²) in [4.78, 5) is 0. The SMILES string of the molecule is BrB(Br)Br.Oc1ccc(F)cc1Cc1cc(F)ccc1O. The molecule has 0 aliphatic rings. The fraction of sp³-hybridized carbons (Fsp3) is 0.0769. The Labute approximate surface area is 146 Å². The molecule has 0 atom stereocenters. The highest BCUT2D eigenvalue weighted by Gasteiger charge is 2.08. The summed E-state index contributed by atoms with van der Waals surface area (Å²) >= 11 is 9.31. The summed E-state index contributed by atoms with van der Waals surface area (Å²) < 4.78 is 26.2. The van der Waals surface area contributed by atoms with Crippen molar-refractivity contribution in [2.24, 2.45) is 0 Å². The number of aromatic hydroxyl groups is 2. The molecule has 0 aromatic heterocycles. The van der Waals surface area contributed by atoms with Crippen LogP contribution >= 0.6 is 47.3 Å². The Kier molecular flexibility index (Phi) is 7.69. The van der Waals surface area contributed by atoms with E-state index in [-0.39, 0.29) is 21.1 Å². The number of benzene rings is 2. The zero-order valence-electron chi connectivity index (χ0n) is 10.5. The maximum atomic E-state index is 13.0. The van der Waals surface area contributed by atoms with Crippen molar-refractivity contribution in [3.8, 4) is 11.5 Å². The van der Waals surface area contributed by atoms with Crippen LogP contribution in [-0.4, -0.2) is 13.4 Å². The van der Waals surface area contributed by atoms with Crippen molar-refractivity contribution >= 4 is 50.5 Å². The first-order valence-corrected chi connectivity index (χ1v) is 8.41. The molecule has 21 heavy (non-hydrogen) atoms. The van der Waals surface area contributed by atoms with Gasteiger partial charge in [-0.1, -0.05) is 0 Å². The fourth-order valence-corrected chi connectivity index (χ4v) is 1.60. The molecule has 2 rings (SSSR count). The van der Waals surface area contributed by atoms with E-state index < -0.39 is 11.6 Å². The molecule has 2 nitrogen and oxygen atoms in total. The summed E-state index contributed by atoms with van der Waals surface area (Å²) in [6.07, 6.45) is 0.0627. The Morgan fingerprint density at radius 2 is 1.14 bits per heavy atom. The van der Waals surface area contributed by atoms with Crippen molar-refractivity contribution in [3.05, 3.63) is 59.2 Å². The minimum atomic E-state index is -0.492.